The van der Waals surface area contributed by atoms with E-state index in [1.807, 2.05) is 17.0 Å². The molecule has 1 fully saturated rings. The minimum absolute atomic E-state index is 0.00108. The van der Waals surface area contributed by atoms with E-state index in [1.165, 1.54) is 11.1 Å². The van der Waals surface area contributed by atoms with Gasteiger partial charge in [0, 0.05) is 24.4 Å². The highest BCUT2D eigenvalue weighted by atomic mass is 16.3. The van der Waals surface area contributed by atoms with E-state index in [9.17, 15) is 15.0 Å². The summed E-state index contributed by atoms with van der Waals surface area (Å²) in [5.41, 5.74) is 2.13. The molecule has 0 radical (unpaired) electrons. The van der Waals surface area contributed by atoms with Crippen molar-refractivity contribution in [2.45, 2.75) is 45.1 Å². The number of amides is 1. The first-order valence-corrected chi connectivity index (χ1v) is 8.74. The number of benzene rings is 1. The summed E-state index contributed by atoms with van der Waals surface area (Å²) < 4.78 is 0. The van der Waals surface area contributed by atoms with E-state index in [4.69, 9.17) is 0 Å². The van der Waals surface area contributed by atoms with Gasteiger partial charge in [0.1, 0.15) is 0 Å². The van der Waals surface area contributed by atoms with Gasteiger partial charge in [-0.25, -0.2) is 0 Å². The Morgan fingerprint density at radius 1 is 1.30 bits per heavy atom. The predicted octanol–water partition coefficient (Wildman–Crippen LogP) is 1.77. The van der Waals surface area contributed by atoms with Gasteiger partial charge in [0.15, 0.2) is 0 Å². The number of piperidine rings is 1. The summed E-state index contributed by atoms with van der Waals surface area (Å²) in [6.07, 6.45) is 3.41. The molecule has 2 aliphatic rings. The van der Waals surface area contributed by atoms with Gasteiger partial charge in [-0.15, -0.1) is 0 Å². The van der Waals surface area contributed by atoms with Crippen molar-refractivity contribution in [2.75, 3.05) is 19.7 Å². The SMILES string of the molecule is CCC[C@]1(CO)CCN(C(=O)C2Cc3ccccc3C2)C[C@@H]1O. The highest BCUT2D eigenvalue weighted by molar-refractivity contribution is 5.80. The Hall–Kier alpha value is -1.39. The van der Waals surface area contributed by atoms with E-state index in [0.29, 0.717) is 19.5 Å². The minimum atomic E-state index is -0.631. The molecule has 0 spiro atoms. The lowest BCUT2D eigenvalue weighted by Gasteiger charge is -2.45. The zero-order valence-electron chi connectivity index (χ0n) is 13.9. The molecule has 2 atom stereocenters. The third-order valence-electron chi connectivity index (χ3n) is 5.75. The maximum Gasteiger partial charge on any atom is 0.226 e. The van der Waals surface area contributed by atoms with Crippen molar-refractivity contribution < 1.29 is 15.0 Å². The molecule has 4 heteroatoms. The Bertz CT molecular complexity index is 548. The number of rotatable bonds is 4. The first-order valence-electron chi connectivity index (χ1n) is 8.74. The van der Waals surface area contributed by atoms with Gasteiger partial charge < -0.3 is 15.1 Å². The van der Waals surface area contributed by atoms with Gasteiger partial charge in [-0.05, 0) is 36.8 Å². The Kier molecular flexibility index (Phi) is 4.74. The molecular formula is C19H27NO3. The van der Waals surface area contributed by atoms with E-state index in [1.54, 1.807) is 0 Å². The number of likely N-dealkylation sites (tertiary alicyclic amines) is 1. The Labute approximate surface area is 138 Å². The van der Waals surface area contributed by atoms with Crippen LogP contribution in [0.4, 0.5) is 0 Å². The molecule has 1 aliphatic carbocycles. The van der Waals surface area contributed by atoms with Crippen LogP contribution in [0.5, 0.6) is 0 Å². The lowest BCUT2D eigenvalue weighted by atomic mass is 9.73. The van der Waals surface area contributed by atoms with E-state index in [-0.39, 0.29) is 18.4 Å². The molecule has 126 valence electrons. The Morgan fingerprint density at radius 3 is 2.48 bits per heavy atom. The largest absolute Gasteiger partial charge is 0.396 e. The van der Waals surface area contributed by atoms with Crippen LogP contribution in [-0.2, 0) is 17.6 Å². The maximum atomic E-state index is 12.8. The highest BCUT2D eigenvalue weighted by Gasteiger charge is 2.43. The second-order valence-electron chi connectivity index (χ2n) is 7.19. The fourth-order valence-electron chi connectivity index (χ4n) is 4.26. The molecule has 0 saturated carbocycles. The van der Waals surface area contributed by atoms with Crippen LogP contribution in [0.3, 0.4) is 0 Å². The molecule has 0 aromatic heterocycles. The fourth-order valence-corrected chi connectivity index (χ4v) is 4.26. The molecule has 1 amide bonds. The van der Waals surface area contributed by atoms with Crippen LogP contribution in [-0.4, -0.2) is 46.8 Å². The van der Waals surface area contributed by atoms with Gasteiger partial charge in [0.05, 0.1) is 12.7 Å². The van der Waals surface area contributed by atoms with Gasteiger partial charge >= 0.3 is 0 Å². The van der Waals surface area contributed by atoms with Crippen molar-refractivity contribution >= 4 is 5.91 Å². The van der Waals surface area contributed by atoms with E-state index >= 15 is 0 Å². The second kappa shape index (κ2) is 6.62. The molecule has 0 bridgehead atoms. The quantitative estimate of drug-likeness (QED) is 0.890. The van der Waals surface area contributed by atoms with Crippen LogP contribution in [0, 0.1) is 11.3 Å². The summed E-state index contributed by atoms with van der Waals surface area (Å²) in [4.78, 5) is 14.6. The van der Waals surface area contributed by atoms with Crippen LogP contribution in [0.15, 0.2) is 24.3 Å². The highest BCUT2D eigenvalue weighted by Crippen LogP contribution is 2.37. The normalized spacial score (nSPS) is 28.0. The average molecular weight is 317 g/mol. The summed E-state index contributed by atoms with van der Waals surface area (Å²) in [5, 5.41) is 20.3. The molecule has 1 saturated heterocycles. The first-order chi connectivity index (χ1) is 11.1. The number of fused-ring (bicyclic) bond motifs is 1. The average Bonchev–Trinajstić information content (AvgIpc) is 3.00. The van der Waals surface area contributed by atoms with Crippen molar-refractivity contribution in [3.8, 4) is 0 Å². The maximum absolute atomic E-state index is 12.8. The molecule has 1 aliphatic heterocycles. The molecule has 4 nitrogen and oxygen atoms in total. The lowest BCUT2D eigenvalue weighted by Crippen LogP contribution is -2.55. The van der Waals surface area contributed by atoms with Crippen molar-refractivity contribution in [3.63, 3.8) is 0 Å². The van der Waals surface area contributed by atoms with Crippen LogP contribution in [0.1, 0.15) is 37.3 Å². The molecule has 1 aromatic rings. The van der Waals surface area contributed by atoms with E-state index in [2.05, 4.69) is 19.1 Å². The van der Waals surface area contributed by atoms with Crippen molar-refractivity contribution in [2.24, 2.45) is 11.3 Å². The van der Waals surface area contributed by atoms with Gasteiger partial charge in [-0.3, -0.25) is 4.79 Å². The third-order valence-corrected chi connectivity index (χ3v) is 5.75. The molecule has 1 aromatic carbocycles. The topological polar surface area (TPSA) is 60.8 Å². The van der Waals surface area contributed by atoms with Crippen molar-refractivity contribution in [1.29, 1.82) is 0 Å². The fraction of sp³-hybridized carbons (Fsp3) is 0.632. The summed E-state index contributed by atoms with van der Waals surface area (Å²) in [5.74, 6) is 0.163. The predicted molar refractivity (Wildman–Crippen MR) is 89.0 cm³/mol. The summed E-state index contributed by atoms with van der Waals surface area (Å²) in [6, 6.07) is 8.25. The Balaban J connectivity index is 1.65. The third kappa shape index (κ3) is 3.02. The minimum Gasteiger partial charge on any atom is -0.396 e. The van der Waals surface area contributed by atoms with Crippen molar-refractivity contribution in [3.05, 3.63) is 35.4 Å². The van der Waals surface area contributed by atoms with Gasteiger partial charge in [0.25, 0.3) is 0 Å². The number of hydrogen-bond acceptors (Lipinski definition) is 3. The number of aliphatic hydroxyl groups excluding tert-OH is 2. The zero-order chi connectivity index (χ0) is 16.4. The van der Waals surface area contributed by atoms with Gasteiger partial charge in [0.2, 0.25) is 5.91 Å². The van der Waals surface area contributed by atoms with Crippen LogP contribution in [0.2, 0.25) is 0 Å². The molecule has 2 N–H and O–H groups in total. The van der Waals surface area contributed by atoms with Gasteiger partial charge in [-0.1, -0.05) is 37.6 Å². The molecule has 1 heterocycles. The Morgan fingerprint density at radius 2 is 1.96 bits per heavy atom. The number of nitrogens with zero attached hydrogens (tertiary/aromatic N) is 1. The summed E-state index contributed by atoms with van der Waals surface area (Å²) in [6.45, 7) is 3.06. The molecule has 0 unspecified atom stereocenters. The summed E-state index contributed by atoms with van der Waals surface area (Å²) >= 11 is 0. The second-order valence-corrected chi connectivity index (χ2v) is 7.19. The van der Waals surface area contributed by atoms with Crippen LogP contribution < -0.4 is 0 Å². The van der Waals surface area contributed by atoms with Gasteiger partial charge in [-0.2, -0.15) is 0 Å². The molecule has 3 rings (SSSR count). The lowest BCUT2D eigenvalue weighted by molar-refractivity contribution is -0.145. The standard InChI is InChI=1S/C19H27NO3/c1-2-7-19(13-21)8-9-20(12-17(19)22)18(23)16-10-14-5-3-4-6-15(14)11-16/h3-6,16-17,21-22H,2,7-13H2,1H3/t17-,19+/m0/s1. The number of hydrogen-bond donors (Lipinski definition) is 2. The first kappa shape index (κ1) is 16.5. The number of carbonyl (C=O) groups excluding carboxylic acids is 1. The monoisotopic (exact) mass is 317 g/mol. The van der Waals surface area contributed by atoms with E-state index < -0.39 is 11.5 Å². The molecule has 23 heavy (non-hydrogen) atoms. The molecular weight excluding hydrogens is 290 g/mol. The van der Waals surface area contributed by atoms with Crippen molar-refractivity contribution in [1.82, 2.24) is 4.90 Å². The smallest absolute Gasteiger partial charge is 0.226 e. The van der Waals surface area contributed by atoms with Crippen LogP contribution in [0.25, 0.3) is 0 Å². The number of aliphatic hydroxyl groups is 2. The zero-order valence-corrected chi connectivity index (χ0v) is 13.9. The summed E-state index contributed by atoms with van der Waals surface area (Å²) in [7, 11) is 0. The van der Waals surface area contributed by atoms with Crippen LogP contribution >= 0.6 is 0 Å². The van der Waals surface area contributed by atoms with E-state index in [0.717, 1.165) is 25.7 Å². The number of carbonyl (C=O) groups is 1. The number of β-amino-alcohol motifs (C(OH)–C–C–N with tert-alkyl or cyclic N) is 1.